The van der Waals surface area contributed by atoms with Gasteiger partial charge >= 0.3 is 0 Å². The Kier molecular flexibility index (Phi) is 8.36. The van der Waals surface area contributed by atoms with Crippen molar-refractivity contribution in [3.05, 3.63) is 71.3 Å². The Bertz CT molecular complexity index is 812. The van der Waals surface area contributed by atoms with Gasteiger partial charge in [-0.1, -0.05) is 82.8 Å². The van der Waals surface area contributed by atoms with Crippen molar-refractivity contribution in [2.45, 2.75) is 15.9 Å². The second-order valence-corrected chi connectivity index (χ2v) is 8.91. The molecular formula is C18H17Cl4N3O2S. The van der Waals surface area contributed by atoms with Gasteiger partial charge in [-0.3, -0.25) is 0 Å². The molecule has 2 aromatic carbocycles. The summed E-state index contributed by atoms with van der Waals surface area (Å²) < 4.78 is -1.96. The number of rotatable bonds is 6. The third kappa shape index (κ3) is 8.11. The first kappa shape index (κ1) is 23.2. The molecule has 0 heterocycles. The number of alkyl halides is 3. The van der Waals surface area contributed by atoms with Crippen molar-refractivity contribution in [2.24, 2.45) is 0 Å². The van der Waals surface area contributed by atoms with E-state index in [1.807, 2.05) is 18.2 Å². The minimum Gasteiger partial charge on any atom is -0.350 e. The van der Waals surface area contributed by atoms with Crippen molar-refractivity contribution in [3.63, 3.8) is 0 Å². The highest BCUT2D eigenvalue weighted by Gasteiger charge is 2.38. The Hall–Kier alpha value is -1.09. The lowest BCUT2D eigenvalue weighted by molar-refractivity contribution is -0.150. The predicted molar refractivity (Wildman–Crippen MR) is 121 cm³/mol. The van der Waals surface area contributed by atoms with E-state index >= 15 is 0 Å². The molecule has 150 valence electrons. The van der Waals surface area contributed by atoms with E-state index in [0.29, 0.717) is 10.7 Å². The molecule has 2 aromatic rings. The van der Waals surface area contributed by atoms with Gasteiger partial charge in [-0.25, -0.2) is 5.32 Å². The van der Waals surface area contributed by atoms with Gasteiger partial charge in [0.15, 0.2) is 5.11 Å². The fourth-order valence-electron chi connectivity index (χ4n) is 2.07. The average Bonchev–Trinajstić information content (AvgIpc) is 2.61. The van der Waals surface area contributed by atoms with E-state index in [2.05, 4.69) is 16.0 Å². The van der Waals surface area contributed by atoms with Crippen molar-refractivity contribution in [3.8, 4) is 0 Å². The summed E-state index contributed by atoms with van der Waals surface area (Å²) in [5.41, 5.74) is 1.41. The van der Waals surface area contributed by atoms with Crippen molar-refractivity contribution in [1.82, 2.24) is 10.6 Å². The van der Waals surface area contributed by atoms with Gasteiger partial charge in [0, 0.05) is 10.7 Å². The smallest absolute Gasteiger partial charge is 0.245 e. The summed E-state index contributed by atoms with van der Waals surface area (Å²) in [4.78, 5) is 0. The molecule has 0 aromatic heterocycles. The number of anilines is 1. The van der Waals surface area contributed by atoms with Crippen LogP contribution in [0.15, 0.2) is 60.7 Å². The van der Waals surface area contributed by atoms with Crippen LogP contribution < -0.4 is 16.0 Å². The minimum atomic E-state index is -2.48. The minimum absolute atomic E-state index is 0.0917. The molecule has 2 rings (SSSR count). The maximum absolute atomic E-state index is 10.2. The zero-order chi connectivity index (χ0) is 20.8. The Morgan fingerprint density at radius 1 is 1.00 bits per heavy atom. The Morgan fingerprint density at radius 3 is 2.18 bits per heavy atom. The van der Waals surface area contributed by atoms with Gasteiger partial charge in [0.05, 0.1) is 0 Å². The molecule has 28 heavy (non-hydrogen) atoms. The summed E-state index contributed by atoms with van der Waals surface area (Å²) in [6.07, 6.45) is 1.38. The number of aliphatic hydroxyl groups is 2. The third-order valence-electron chi connectivity index (χ3n) is 3.37. The Labute approximate surface area is 188 Å². The summed E-state index contributed by atoms with van der Waals surface area (Å²) >= 11 is 28.9. The van der Waals surface area contributed by atoms with Gasteiger partial charge in [0.25, 0.3) is 0 Å². The molecule has 0 saturated carbocycles. The van der Waals surface area contributed by atoms with Crippen LogP contribution in [-0.4, -0.2) is 31.2 Å². The highest BCUT2D eigenvalue weighted by molar-refractivity contribution is 7.80. The summed E-state index contributed by atoms with van der Waals surface area (Å²) in [5, 5.41) is 29.1. The van der Waals surface area contributed by atoms with Crippen molar-refractivity contribution in [1.29, 1.82) is 0 Å². The number of hydrogen-bond donors (Lipinski definition) is 5. The molecule has 0 bridgehead atoms. The molecule has 0 aliphatic carbocycles. The SMILES string of the molecule is OC(O)(C=Cc1ccccc1)NC(NC(=S)Nc1ccc(Cl)cc1)C(Cl)(Cl)Cl. The van der Waals surface area contributed by atoms with Gasteiger partial charge in [-0.2, -0.15) is 0 Å². The summed E-state index contributed by atoms with van der Waals surface area (Å²) in [6, 6.07) is 15.8. The van der Waals surface area contributed by atoms with Crippen LogP contribution in [0.2, 0.25) is 5.02 Å². The monoisotopic (exact) mass is 479 g/mol. The lowest BCUT2D eigenvalue weighted by atomic mass is 10.2. The number of thiocarbonyl (C=S) groups is 1. The maximum Gasteiger partial charge on any atom is 0.245 e. The maximum atomic E-state index is 10.2. The molecule has 5 nitrogen and oxygen atoms in total. The van der Waals surface area contributed by atoms with Crippen LogP contribution in [0.5, 0.6) is 0 Å². The Morgan fingerprint density at radius 2 is 1.61 bits per heavy atom. The van der Waals surface area contributed by atoms with E-state index in [0.717, 1.165) is 11.6 Å². The van der Waals surface area contributed by atoms with Gasteiger partial charge < -0.3 is 20.8 Å². The molecule has 0 saturated heterocycles. The number of nitrogens with one attached hydrogen (secondary N) is 3. The molecule has 0 amide bonds. The van der Waals surface area contributed by atoms with E-state index in [9.17, 15) is 10.2 Å². The van der Waals surface area contributed by atoms with Crippen LogP contribution in [-0.2, 0) is 0 Å². The van der Waals surface area contributed by atoms with Crippen molar-refractivity contribution < 1.29 is 10.2 Å². The topological polar surface area (TPSA) is 76.5 Å². The van der Waals surface area contributed by atoms with E-state index in [-0.39, 0.29) is 5.11 Å². The second kappa shape index (κ2) is 10.1. The standard InChI is InChI=1S/C18H17Cl4N3O2S/c19-13-6-8-14(9-7-13)23-16(28)24-15(18(20,21)22)25-17(26,27)11-10-12-4-2-1-3-5-12/h1-11,15,25-27H,(H2,23,24,28). The number of benzene rings is 2. The summed E-state index contributed by atoms with van der Waals surface area (Å²) in [5.74, 6) is -2.48. The predicted octanol–water partition coefficient (Wildman–Crippen LogP) is 4.26. The first-order chi connectivity index (χ1) is 13.0. The highest BCUT2D eigenvalue weighted by Crippen LogP contribution is 2.30. The number of hydrogen-bond acceptors (Lipinski definition) is 4. The lowest BCUT2D eigenvalue weighted by Gasteiger charge is -2.32. The zero-order valence-electron chi connectivity index (χ0n) is 14.2. The molecule has 0 aliphatic heterocycles. The van der Waals surface area contributed by atoms with Gasteiger partial charge in [0.1, 0.15) is 6.17 Å². The van der Waals surface area contributed by atoms with Crippen LogP contribution in [0.1, 0.15) is 5.56 Å². The molecular weight excluding hydrogens is 464 g/mol. The molecule has 0 radical (unpaired) electrons. The zero-order valence-corrected chi connectivity index (χ0v) is 18.1. The fraction of sp³-hybridized carbons (Fsp3) is 0.167. The molecule has 0 aliphatic rings. The summed E-state index contributed by atoms with van der Waals surface area (Å²) in [6.45, 7) is 0. The van der Waals surface area contributed by atoms with Crippen molar-refractivity contribution in [2.75, 3.05) is 5.32 Å². The van der Waals surface area contributed by atoms with E-state index < -0.39 is 15.9 Å². The van der Waals surface area contributed by atoms with Crippen molar-refractivity contribution >= 4 is 75.5 Å². The third-order valence-corrected chi connectivity index (χ3v) is 4.50. The number of halogens is 4. The first-order valence-corrected chi connectivity index (χ1v) is 9.84. The van der Waals surface area contributed by atoms with Crippen LogP contribution in [0.3, 0.4) is 0 Å². The molecule has 5 N–H and O–H groups in total. The van der Waals surface area contributed by atoms with Gasteiger partial charge in [0.2, 0.25) is 9.70 Å². The van der Waals surface area contributed by atoms with E-state index in [4.69, 9.17) is 58.6 Å². The molecule has 1 unspecified atom stereocenters. The molecule has 0 spiro atoms. The van der Waals surface area contributed by atoms with E-state index in [1.165, 1.54) is 6.08 Å². The van der Waals surface area contributed by atoms with Crippen LogP contribution in [0, 0.1) is 0 Å². The normalized spacial score (nSPS) is 13.4. The van der Waals surface area contributed by atoms with Gasteiger partial charge in [-0.05, 0) is 48.1 Å². The molecule has 1 atom stereocenters. The Balaban J connectivity index is 2.05. The average molecular weight is 481 g/mol. The largest absolute Gasteiger partial charge is 0.350 e. The quantitative estimate of drug-likeness (QED) is 0.241. The first-order valence-electron chi connectivity index (χ1n) is 7.92. The second-order valence-electron chi connectivity index (χ2n) is 5.69. The van der Waals surface area contributed by atoms with Crippen LogP contribution >= 0.6 is 58.6 Å². The van der Waals surface area contributed by atoms with Crippen LogP contribution in [0.4, 0.5) is 5.69 Å². The summed E-state index contributed by atoms with van der Waals surface area (Å²) in [7, 11) is 0. The molecule has 10 heteroatoms. The highest BCUT2D eigenvalue weighted by atomic mass is 35.6. The fourth-order valence-corrected chi connectivity index (χ4v) is 2.76. The van der Waals surface area contributed by atoms with Crippen LogP contribution in [0.25, 0.3) is 6.08 Å². The van der Waals surface area contributed by atoms with E-state index in [1.54, 1.807) is 36.4 Å². The lowest BCUT2D eigenvalue weighted by Crippen LogP contribution is -2.61. The van der Waals surface area contributed by atoms with Gasteiger partial charge in [-0.15, -0.1) is 0 Å². The molecule has 0 fully saturated rings.